The van der Waals surface area contributed by atoms with Crippen LogP contribution in [0.2, 0.25) is 0 Å². The predicted octanol–water partition coefficient (Wildman–Crippen LogP) is 2.44. The lowest BCUT2D eigenvalue weighted by Crippen LogP contribution is -2.51. The van der Waals surface area contributed by atoms with Gasteiger partial charge in [-0.15, -0.1) is 11.8 Å². The van der Waals surface area contributed by atoms with Gasteiger partial charge in [0, 0.05) is 32.3 Å². The number of nitrogens with zero attached hydrogens (tertiary/aromatic N) is 3. The molecule has 0 aromatic carbocycles. The first-order chi connectivity index (χ1) is 12.7. The van der Waals surface area contributed by atoms with Gasteiger partial charge in [0.25, 0.3) is 5.91 Å². The van der Waals surface area contributed by atoms with E-state index in [9.17, 15) is 9.59 Å². The molecule has 1 aromatic heterocycles. The number of pyridine rings is 1. The summed E-state index contributed by atoms with van der Waals surface area (Å²) in [5.74, 6) is 0.0795. The molecule has 1 unspecified atom stereocenters. The molecule has 26 heavy (non-hydrogen) atoms. The van der Waals surface area contributed by atoms with Crippen LogP contribution in [0.5, 0.6) is 0 Å². The summed E-state index contributed by atoms with van der Waals surface area (Å²) >= 11 is 1.46. The Kier molecular flexibility index (Phi) is 6.91. The van der Waals surface area contributed by atoms with Crippen LogP contribution in [0.4, 0.5) is 0 Å². The number of hydrogen-bond acceptors (Lipinski definition) is 5. The van der Waals surface area contributed by atoms with Crippen molar-refractivity contribution in [2.75, 3.05) is 39.1 Å². The normalized spacial score (nSPS) is 21.3. The lowest BCUT2D eigenvalue weighted by molar-refractivity contribution is -0.133. The minimum absolute atomic E-state index is 0.0561. The summed E-state index contributed by atoms with van der Waals surface area (Å²) in [6, 6.07) is 3.39. The lowest BCUT2D eigenvalue weighted by atomic mass is 10.1. The molecule has 1 aromatic rings. The average molecular weight is 378 g/mol. The number of carbonyl (C=O) groups is 2. The first kappa shape index (κ1) is 19.2. The van der Waals surface area contributed by atoms with Crippen molar-refractivity contribution < 1.29 is 14.3 Å². The zero-order valence-electron chi connectivity index (χ0n) is 15.4. The van der Waals surface area contributed by atoms with Gasteiger partial charge in [-0.2, -0.15) is 0 Å². The standard InChI is InChI=1S/C19H27N3O3S/c1-26-18-16(7-6-8-20-18)19(24)22-11-12-25-14-15(22)13-17(23)21-9-4-2-3-5-10-21/h6-8,15H,2-5,9-14H2,1H3. The molecule has 1 atom stereocenters. The van der Waals surface area contributed by atoms with Crippen molar-refractivity contribution in [3.05, 3.63) is 23.9 Å². The third-order valence-corrected chi connectivity index (χ3v) is 5.76. The maximum Gasteiger partial charge on any atom is 0.257 e. The van der Waals surface area contributed by atoms with Crippen molar-refractivity contribution >= 4 is 23.6 Å². The van der Waals surface area contributed by atoms with Crippen molar-refractivity contribution in [3.63, 3.8) is 0 Å². The number of carbonyl (C=O) groups excluding carboxylic acids is 2. The van der Waals surface area contributed by atoms with Crippen molar-refractivity contribution in [2.24, 2.45) is 0 Å². The number of morpholine rings is 1. The van der Waals surface area contributed by atoms with Gasteiger partial charge >= 0.3 is 0 Å². The molecule has 6 nitrogen and oxygen atoms in total. The van der Waals surface area contributed by atoms with Crippen LogP contribution in [-0.2, 0) is 9.53 Å². The second-order valence-corrected chi connectivity index (χ2v) is 7.58. The largest absolute Gasteiger partial charge is 0.377 e. The summed E-state index contributed by atoms with van der Waals surface area (Å²) in [4.78, 5) is 33.9. The van der Waals surface area contributed by atoms with E-state index in [2.05, 4.69) is 4.98 Å². The van der Waals surface area contributed by atoms with E-state index in [4.69, 9.17) is 4.74 Å². The number of amides is 2. The van der Waals surface area contributed by atoms with Gasteiger partial charge in [0.15, 0.2) is 0 Å². The highest BCUT2D eigenvalue weighted by atomic mass is 32.2. The molecule has 0 N–H and O–H groups in total. The number of rotatable bonds is 4. The first-order valence-electron chi connectivity index (χ1n) is 9.36. The minimum Gasteiger partial charge on any atom is -0.377 e. The van der Waals surface area contributed by atoms with E-state index in [0.717, 1.165) is 31.0 Å². The lowest BCUT2D eigenvalue weighted by Gasteiger charge is -2.36. The fourth-order valence-electron chi connectivity index (χ4n) is 3.61. The summed E-state index contributed by atoms with van der Waals surface area (Å²) in [6.07, 6.45) is 8.48. The Hall–Kier alpha value is -1.60. The maximum absolute atomic E-state index is 13.1. The third kappa shape index (κ3) is 4.57. The van der Waals surface area contributed by atoms with Crippen LogP contribution in [0.1, 0.15) is 42.5 Å². The van der Waals surface area contributed by atoms with Crippen LogP contribution in [0.15, 0.2) is 23.4 Å². The van der Waals surface area contributed by atoms with E-state index in [0.29, 0.717) is 31.7 Å². The van der Waals surface area contributed by atoms with Gasteiger partial charge in [-0.3, -0.25) is 9.59 Å². The van der Waals surface area contributed by atoms with E-state index < -0.39 is 0 Å². The number of ether oxygens (including phenoxy) is 1. The zero-order chi connectivity index (χ0) is 18.4. The second kappa shape index (κ2) is 9.37. The Bertz CT molecular complexity index is 632. The van der Waals surface area contributed by atoms with E-state index in [1.165, 1.54) is 24.6 Å². The highest BCUT2D eigenvalue weighted by Gasteiger charge is 2.32. The molecular formula is C19H27N3O3S. The molecule has 2 saturated heterocycles. The number of aromatic nitrogens is 1. The predicted molar refractivity (Wildman–Crippen MR) is 101 cm³/mol. The summed E-state index contributed by atoms with van der Waals surface area (Å²) in [6.45, 7) is 3.11. The summed E-state index contributed by atoms with van der Waals surface area (Å²) in [5.41, 5.74) is 0.606. The van der Waals surface area contributed by atoms with Gasteiger partial charge in [0.05, 0.1) is 24.8 Å². The van der Waals surface area contributed by atoms with Gasteiger partial charge in [-0.05, 0) is 31.2 Å². The first-order valence-corrected chi connectivity index (χ1v) is 10.6. The van der Waals surface area contributed by atoms with Gasteiger partial charge in [0.1, 0.15) is 5.03 Å². The summed E-state index contributed by atoms with van der Waals surface area (Å²) < 4.78 is 5.58. The van der Waals surface area contributed by atoms with E-state index >= 15 is 0 Å². The molecule has 2 fully saturated rings. The summed E-state index contributed by atoms with van der Waals surface area (Å²) in [5, 5.41) is 0.724. The smallest absolute Gasteiger partial charge is 0.257 e. The number of likely N-dealkylation sites (tertiary alicyclic amines) is 1. The molecular weight excluding hydrogens is 350 g/mol. The van der Waals surface area contributed by atoms with Gasteiger partial charge in [0.2, 0.25) is 5.91 Å². The zero-order valence-corrected chi connectivity index (χ0v) is 16.2. The monoisotopic (exact) mass is 377 g/mol. The van der Waals surface area contributed by atoms with Crippen LogP contribution in [-0.4, -0.2) is 71.7 Å². The average Bonchev–Trinajstić information content (AvgIpc) is 2.97. The fourth-order valence-corrected chi connectivity index (χ4v) is 4.15. The van der Waals surface area contributed by atoms with Crippen molar-refractivity contribution in [1.82, 2.24) is 14.8 Å². The topological polar surface area (TPSA) is 62.7 Å². The maximum atomic E-state index is 13.1. The van der Waals surface area contributed by atoms with E-state index in [1.807, 2.05) is 17.2 Å². The molecule has 0 radical (unpaired) electrons. The van der Waals surface area contributed by atoms with Gasteiger partial charge in [-0.1, -0.05) is 12.8 Å². The number of thioether (sulfide) groups is 1. The van der Waals surface area contributed by atoms with E-state index in [-0.39, 0.29) is 17.9 Å². The van der Waals surface area contributed by atoms with E-state index in [1.54, 1.807) is 17.2 Å². The molecule has 0 aliphatic carbocycles. The van der Waals surface area contributed by atoms with Crippen LogP contribution in [0.25, 0.3) is 0 Å². The van der Waals surface area contributed by atoms with Crippen molar-refractivity contribution in [1.29, 1.82) is 0 Å². The van der Waals surface area contributed by atoms with Crippen LogP contribution >= 0.6 is 11.8 Å². The van der Waals surface area contributed by atoms with Crippen molar-refractivity contribution in [2.45, 2.75) is 43.2 Å². The molecule has 2 amide bonds. The Morgan fingerprint density at radius 1 is 1.23 bits per heavy atom. The molecule has 2 aliphatic rings. The second-order valence-electron chi connectivity index (χ2n) is 6.79. The Labute approximate surface area is 159 Å². The molecule has 7 heteroatoms. The van der Waals surface area contributed by atoms with Crippen LogP contribution in [0, 0.1) is 0 Å². The molecule has 2 aliphatic heterocycles. The highest BCUT2D eigenvalue weighted by molar-refractivity contribution is 7.98. The molecule has 0 spiro atoms. The van der Waals surface area contributed by atoms with Crippen LogP contribution < -0.4 is 0 Å². The van der Waals surface area contributed by atoms with Gasteiger partial charge in [-0.25, -0.2) is 4.98 Å². The molecule has 0 bridgehead atoms. The Morgan fingerprint density at radius 2 is 2.00 bits per heavy atom. The molecule has 3 heterocycles. The van der Waals surface area contributed by atoms with Gasteiger partial charge < -0.3 is 14.5 Å². The molecule has 0 saturated carbocycles. The number of hydrogen-bond donors (Lipinski definition) is 0. The summed E-state index contributed by atoms with van der Waals surface area (Å²) in [7, 11) is 0. The SMILES string of the molecule is CSc1ncccc1C(=O)N1CCOCC1CC(=O)N1CCCCCC1. The van der Waals surface area contributed by atoms with Crippen LogP contribution in [0.3, 0.4) is 0 Å². The molecule has 142 valence electrons. The van der Waals surface area contributed by atoms with Crippen molar-refractivity contribution in [3.8, 4) is 0 Å². The Balaban J connectivity index is 1.71. The Morgan fingerprint density at radius 3 is 2.73 bits per heavy atom. The quantitative estimate of drug-likeness (QED) is 0.754. The fraction of sp³-hybridized carbons (Fsp3) is 0.632. The minimum atomic E-state index is -0.207. The highest BCUT2D eigenvalue weighted by Crippen LogP contribution is 2.22. The molecule has 3 rings (SSSR count). The third-order valence-electron chi connectivity index (χ3n) is 5.05.